The Morgan fingerprint density at radius 1 is 1.25 bits per heavy atom. The molecule has 88 valence electrons. The number of anilines is 1. The topological polar surface area (TPSA) is 15.3 Å². The summed E-state index contributed by atoms with van der Waals surface area (Å²) in [6.45, 7) is 4.65. The third kappa shape index (κ3) is 2.76. The molecule has 1 aromatic carbocycles. The van der Waals surface area contributed by atoms with E-state index in [-0.39, 0.29) is 0 Å². The lowest BCUT2D eigenvalue weighted by Crippen LogP contribution is -2.36. The van der Waals surface area contributed by atoms with Crippen molar-refractivity contribution in [2.75, 3.05) is 25.5 Å². The van der Waals surface area contributed by atoms with Gasteiger partial charge in [-0.15, -0.1) is 0 Å². The number of benzene rings is 1. The minimum Gasteiger partial charge on any atom is -0.382 e. The molecule has 0 amide bonds. The average Bonchev–Trinajstić information content (AvgIpc) is 2.33. The zero-order valence-corrected chi connectivity index (χ0v) is 10.4. The zero-order chi connectivity index (χ0) is 11.4. The monoisotopic (exact) mass is 218 g/mol. The summed E-state index contributed by atoms with van der Waals surface area (Å²) in [7, 11) is 2.20. The minimum absolute atomic E-state index is 0.656. The van der Waals surface area contributed by atoms with Crippen LogP contribution in [0.5, 0.6) is 0 Å². The van der Waals surface area contributed by atoms with Gasteiger partial charge in [0.25, 0.3) is 0 Å². The van der Waals surface area contributed by atoms with Gasteiger partial charge in [0.1, 0.15) is 0 Å². The van der Waals surface area contributed by atoms with Crippen molar-refractivity contribution < 1.29 is 0 Å². The highest BCUT2D eigenvalue weighted by molar-refractivity contribution is 5.51. The Bertz CT molecular complexity index is 327. The maximum Gasteiger partial charge on any atom is 0.0374 e. The van der Waals surface area contributed by atoms with Gasteiger partial charge in [-0.1, -0.05) is 25.1 Å². The fourth-order valence-corrected chi connectivity index (χ4v) is 2.34. The van der Waals surface area contributed by atoms with Crippen molar-refractivity contribution in [1.82, 2.24) is 4.90 Å². The molecule has 0 spiro atoms. The first-order valence-electron chi connectivity index (χ1n) is 6.32. The normalized spacial score (nSPS) is 18.6. The number of para-hydroxylation sites is 1. The van der Waals surface area contributed by atoms with E-state index in [9.17, 15) is 0 Å². The smallest absolute Gasteiger partial charge is 0.0374 e. The lowest BCUT2D eigenvalue weighted by atomic mass is 10.0. The van der Waals surface area contributed by atoms with E-state index in [2.05, 4.69) is 48.5 Å². The number of nitrogens with one attached hydrogen (secondary N) is 1. The number of likely N-dealkylation sites (tertiary alicyclic amines) is 1. The molecular weight excluding hydrogens is 196 g/mol. The van der Waals surface area contributed by atoms with E-state index in [4.69, 9.17) is 0 Å². The van der Waals surface area contributed by atoms with Gasteiger partial charge < -0.3 is 10.2 Å². The molecule has 2 rings (SSSR count). The van der Waals surface area contributed by atoms with E-state index < -0.39 is 0 Å². The Morgan fingerprint density at radius 3 is 2.62 bits per heavy atom. The van der Waals surface area contributed by atoms with Crippen LogP contribution in [-0.4, -0.2) is 31.1 Å². The fraction of sp³-hybridized carbons (Fsp3) is 0.571. The first kappa shape index (κ1) is 11.5. The molecule has 2 heteroatoms. The predicted octanol–water partition coefficient (Wildman–Crippen LogP) is 2.76. The van der Waals surface area contributed by atoms with Crippen molar-refractivity contribution in [2.45, 2.75) is 32.2 Å². The molecule has 1 saturated heterocycles. The summed E-state index contributed by atoms with van der Waals surface area (Å²) in [5.74, 6) is 0. The third-order valence-electron chi connectivity index (χ3n) is 3.48. The van der Waals surface area contributed by atoms with Crippen molar-refractivity contribution in [2.24, 2.45) is 0 Å². The van der Waals surface area contributed by atoms with Crippen molar-refractivity contribution in [3.63, 3.8) is 0 Å². The number of piperidine rings is 1. The van der Waals surface area contributed by atoms with Gasteiger partial charge in [0.05, 0.1) is 0 Å². The number of nitrogens with zero attached hydrogens (tertiary/aromatic N) is 1. The first-order valence-corrected chi connectivity index (χ1v) is 6.32. The largest absolute Gasteiger partial charge is 0.382 e. The lowest BCUT2D eigenvalue weighted by molar-refractivity contribution is 0.264. The Morgan fingerprint density at radius 2 is 1.94 bits per heavy atom. The number of hydrogen-bond donors (Lipinski definition) is 1. The van der Waals surface area contributed by atoms with Gasteiger partial charge in [0.2, 0.25) is 0 Å². The second-order valence-corrected chi connectivity index (χ2v) is 4.73. The van der Waals surface area contributed by atoms with Crippen LogP contribution in [-0.2, 0) is 6.42 Å². The molecule has 1 aromatic rings. The lowest BCUT2D eigenvalue weighted by Gasteiger charge is -2.30. The molecule has 0 unspecified atom stereocenters. The summed E-state index contributed by atoms with van der Waals surface area (Å²) < 4.78 is 0. The molecule has 1 N–H and O–H groups in total. The van der Waals surface area contributed by atoms with Gasteiger partial charge in [-0.3, -0.25) is 0 Å². The summed E-state index contributed by atoms with van der Waals surface area (Å²) in [5, 5.41) is 3.69. The molecule has 0 aromatic heterocycles. The van der Waals surface area contributed by atoms with E-state index in [0.717, 1.165) is 6.42 Å². The van der Waals surface area contributed by atoms with Gasteiger partial charge in [-0.25, -0.2) is 0 Å². The van der Waals surface area contributed by atoms with E-state index in [1.807, 2.05) is 0 Å². The summed E-state index contributed by atoms with van der Waals surface area (Å²) in [6, 6.07) is 9.33. The van der Waals surface area contributed by atoms with Crippen LogP contribution < -0.4 is 5.32 Å². The minimum atomic E-state index is 0.656. The van der Waals surface area contributed by atoms with Crippen molar-refractivity contribution in [1.29, 1.82) is 0 Å². The molecule has 1 aliphatic rings. The maximum atomic E-state index is 3.69. The second kappa shape index (κ2) is 5.35. The molecular formula is C14H22N2. The van der Waals surface area contributed by atoms with E-state index in [0.29, 0.717) is 6.04 Å². The van der Waals surface area contributed by atoms with Crippen molar-refractivity contribution in [3.05, 3.63) is 29.8 Å². The molecule has 0 aliphatic carbocycles. The van der Waals surface area contributed by atoms with Crippen LogP contribution in [0.4, 0.5) is 5.69 Å². The highest BCUT2D eigenvalue weighted by Gasteiger charge is 2.16. The van der Waals surface area contributed by atoms with Crippen LogP contribution in [0, 0.1) is 0 Å². The van der Waals surface area contributed by atoms with Gasteiger partial charge in [0.15, 0.2) is 0 Å². The Hall–Kier alpha value is -1.02. The zero-order valence-electron chi connectivity index (χ0n) is 10.4. The van der Waals surface area contributed by atoms with Crippen molar-refractivity contribution >= 4 is 5.69 Å². The molecule has 0 bridgehead atoms. The van der Waals surface area contributed by atoms with Gasteiger partial charge in [-0.2, -0.15) is 0 Å². The number of rotatable bonds is 3. The van der Waals surface area contributed by atoms with Crippen LogP contribution in [0.1, 0.15) is 25.3 Å². The highest BCUT2D eigenvalue weighted by atomic mass is 15.1. The van der Waals surface area contributed by atoms with Crippen LogP contribution in [0.25, 0.3) is 0 Å². The molecule has 0 radical (unpaired) electrons. The van der Waals surface area contributed by atoms with E-state index in [1.54, 1.807) is 0 Å². The van der Waals surface area contributed by atoms with Gasteiger partial charge in [-0.05, 0) is 51.0 Å². The molecule has 1 heterocycles. The molecule has 1 aliphatic heterocycles. The van der Waals surface area contributed by atoms with Gasteiger partial charge >= 0.3 is 0 Å². The van der Waals surface area contributed by atoms with Crippen LogP contribution in [0.3, 0.4) is 0 Å². The van der Waals surface area contributed by atoms with Crippen molar-refractivity contribution in [3.8, 4) is 0 Å². The molecule has 16 heavy (non-hydrogen) atoms. The SMILES string of the molecule is CCc1ccccc1NC1CCN(C)CC1. The highest BCUT2D eigenvalue weighted by Crippen LogP contribution is 2.20. The van der Waals surface area contributed by atoms with E-state index >= 15 is 0 Å². The first-order chi connectivity index (χ1) is 7.79. The van der Waals surface area contributed by atoms with Crippen LogP contribution in [0.15, 0.2) is 24.3 Å². The number of aryl methyl sites for hydroxylation is 1. The standard InChI is InChI=1S/C14H22N2/c1-3-12-6-4-5-7-14(12)15-13-8-10-16(2)11-9-13/h4-7,13,15H,3,8-11H2,1-2H3. The quantitative estimate of drug-likeness (QED) is 0.839. The Labute approximate surface area is 98.7 Å². The molecule has 0 atom stereocenters. The average molecular weight is 218 g/mol. The predicted molar refractivity (Wildman–Crippen MR) is 70.0 cm³/mol. The molecule has 2 nitrogen and oxygen atoms in total. The molecule has 0 saturated carbocycles. The fourth-order valence-electron chi connectivity index (χ4n) is 2.34. The summed E-state index contributed by atoms with van der Waals surface area (Å²) in [4.78, 5) is 2.41. The number of hydrogen-bond acceptors (Lipinski definition) is 2. The van der Waals surface area contributed by atoms with Gasteiger partial charge in [0, 0.05) is 11.7 Å². The Kier molecular flexibility index (Phi) is 3.83. The summed E-state index contributed by atoms with van der Waals surface area (Å²) >= 11 is 0. The maximum absolute atomic E-state index is 3.69. The molecule has 1 fully saturated rings. The Balaban J connectivity index is 1.98. The van der Waals surface area contributed by atoms with E-state index in [1.165, 1.54) is 37.2 Å². The second-order valence-electron chi connectivity index (χ2n) is 4.73. The summed E-state index contributed by atoms with van der Waals surface area (Å²) in [6.07, 6.45) is 3.62. The third-order valence-corrected chi connectivity index (χ3v) is 3.48. The van der Waals surface area contributed by atoms with Crippen LogP contribution >= 0.6 is 0 Å². The summed E-state index contributed by atoms with van der Waals surface area (Å²) in [5.41, 5.74) is 2.76. The van der Waals surface area contributed by atoms with Crippen LogP contribution in [0.2, 0.25) is 0 Å².